The molecule has 27 heavy (non-hydrogen) atoms. The van der Waals surface area contributed by atoms with Crippen LogP contribution in [0.15, 0.2) is 72.8 Å². The van der Waals surface area contributed by atoms with Crippen LogP contribution in [0.1, 0.15) is 26.3 Å². The number of ether oxygens (including phenoxy) is 1. The average Bonchev–Trinajstić information content (AvgIpc) is 2.68. The van der Waals surface area contributed by atoms with Crippen LogP contribution in [0.5, 0.6) is 5.75 Å². The van der Waals surface area contributed by atoms with Crippen LogP contribution in [0.2, 0.25) is 5.02 Å². The van der Waals surface area contributed by atoms with E-state index in [1.807, 2.05) is 12.1 Å². The van der Waals surface area contributed by atoms with Gasteiger partial charge in [-0.25, -0.2) is 0 Å². The van der Waals surface area contributed by atoms with E-state index in [0.29, 0.717) is 34.2 Å². The van der Waals surface area contributed by atoms with Crippen molar-refractivity contribution in [2.24, 2.45) is 5.73 Å². The molecule has 0 radical (unpaired) electrons. The summed E-state index contributed by atoms with van der Waals surface area (Å²) in [7, 11) is 0. The lowest BCUT2D eigenvalue weighted by Crippen LogP contribution is -2.15. The zero-order chi connectivity index (χ0) is 19.2. The average molecular weight is 381 g/mol. The molecule has 3 N–H and O–H groups in total. The topological polar surface area (TPSA) is 81.4 Å². The highest BCUT2D eigenvalue weighted by Crippen LogP contribution is 2.22. The number of anilines is 1. The number of nitrogens with one attached hydrogen (secondary N) is 1. The number of carbonyl (C=O) groups is 2. The molecule has 2 amide bonds. The number of para-hydroxylation sites is 1. The number of amides is 2. The molecule has 0 fully saturated rings. The maximum atomic E-state index is 12.6. The van der Waals surface area contributed by atoms with Crippen molar-refractivity contribution < 1.29 is 14.3 Å². The monoisotopic (exact) mass is 380 g/mol. The van der Waals surface area contributed by atoms with Crippen LogP contribution in [0.4, 0.5) is 5.69 Å². The highest BCUT2D eigenvalue weighted by molar-refractivity contribution is 6.30. The summed E-state index contributed by atoms with van der Waals surface area (Å²) in [6, 6.07) is 20.7. The van der Waals surface area contributed by atoms with Crippen LogP contribution in [-0.2, 0) is 6.61 Å². The van der Waals surface area contributed by atoms with Gasteiger partial charge < -0.3 is 15.8 Å². The molecule has 0 saturated heterocycles. The molecule has 3 rings (SSSR count). The maximum Gasteiger partial charge on any atom is 0.259 e. The predicted octanol–water partition coefficient (Wildman–Crippen LogP) is 4.27. The summed E-state index contributed by atoms with van der Waals surface area (Å²) >= 11 is 5.88. The molecular weight excluding hydrogens is 364 g/mol. The van der Waals surface area contributed by atoms with E-state index in [1.165, 1.54) is 6.07 Å². The van der Waals surface area contributed by atoms with Crippen molar-refractivity contribution in [3.8, 4) is 5.75 Å². The lowest BCUT2D eigenvalue weighted by Gasteiger charge is -2.12. The van der Waals surface area contributed by atoms with Gasteiger partial charge in [0.2, 0.25) is 5.91 Å². The Morgan fingerprint density at radius 1 is 0.963 bits per heavy atom. The van der Waals surface area contributed by atoms with E-state index in [-0.39, 0.29) is 5.91 Å². The van der Waals surface area contributed by atoms with Gasteiger partial charge in [-0.15, -0.1) is 0 Å². The van der Waals surface area contributed by atoms with Crippen molar-refractivity contribution in [2.75, 3.05) is 5.32 Å². The van der Waals surface area contributed by atoms with Crippen molar-refractivity contribution in [3.05, 3.63) is 94.5 Å². The van der Waals surface area contributed by atoms with Crippen LogP contribution >= 0.6 is 11.6 Å². The number of nitrogens with two attached hydrogens (primary N) is 1. The minimum Gasteiger partial charge on any atom is -0.488 e. The van der Waals surface area contributed by atoms with Gasteiger partial charge in [-0.3, -0.25) is 9.59 Å². The van der Waals surface area contributed by atoms with Gasteiger partial charge >= 0.3 is 0 Å². The highest BCUT2D eigenvalue weighted by Gasteiger charge is 2.13. The molecule has 0 aliphatic carbocycles. The summed E-state index contributed by atoms with van der Waals surface area (Å²) < 4.78 is 5.81. The number of carbonyl (C=O) groups excluding carboxylic acids is 2. The molecule has 0 aromatic heterocycles. The van der Waals surface area contributed by atoms with Gasteiger partial charge in [0.05, 0.1) is 5.56 Å². The Morgan fingerprint density at radius 2 is 1.70 bits per heavy atom. The fourth-order valence-electron chi connectivity index (χ4n) is 2.47. The molecule has 0 spiro atoms. The number of benzene rings is 3. The van der Waals surface area contributed by atoms with Crippen molar-refractivity contribution in [2.45, 2.75) is 6.61 Å². The van der Waals surface area contributed by atoms with Crippen molar-refractivity contribution in [1.82, 2.24) is 0 Å². The summed E-state index contributed by atoms with van der Waals surface area (Å²) in [4.78, 5) is 23.9. The molecule has 0 unspecified atom stereocenters. The number of hydrogen-bond donors (Lipinski definition) is 2. The second-order valence-corrected chi connectivity index (χ2v) is 6.25. The van der Waals surface area contributed by atoms with Gasteiger partial charge in [0.1, 0.15) is 12.4 Å². The predicted molar refractivity (Wildman–Crippen MR) is 105 cm³/mol. The Hall–Kier alpha value is -3.31. The van der Waals surface area contributed by atoms with E-state index in [4.69, 9.17) is 22.1 Å². The molecule has 0 atom stereocenters. The van der Waals surface area contributed by atoms with E-state index >= 15 is 0 Å². The minimum absolute atomic E-state index is 0.304. The summed E-state index contributed by atoms with van der Waals surface area (Å²) in [6.07, 6.45) is 0. The molecule has 0 aliphatic heterocycles. The minimum atomic E-state index is -0.558. The molecule has 0 bridgehead atoms. The second-order valence-electron chi connectivity index (χ2n) is 5.81. The first kappa shape index (κ1) is 18.5. The van der Waals surface area contributed by atoms with Gasteiger partial charge in [0.15, 0.2) is 0 Å². The Bertz CT molecular complexity index is 971. The van der Waals surface area contributed by atoms with E-state index in [1.54, 1.807) is 54.6 Å². The summed E-state index contributed by atoms with van der Waals surface area (Å²) in [5.74, 6) is -0.447. The third-order valence-corrected chi connectivity index (χ3v) is 4.10. The number of hydrogen-bond acceptors (Lipinski definition) is 3. The fourth-order valence-corrected chi connectivity index (χ4v) is 2.60. The van der Waals surface area contributed by atoms with Crippen LogP contribution in [-0.4, -0.2) is 11.8 Å². The van der Waals surface area contributed by atoms with Crippen LogP contribution < -0.4 is 15.8 Å². The third-order valence-electron chi connectivity index (χ3n) is 3.84. The van der Waals surface area contributed by atoms with Gasteiger partial charge in [0, 0.05) is 16.3 Å². The van der Waals surface area contributed by atoms with Crippen molar-refractivity contribution in [1.29, 1.82) is 0 Å². The van der Waals surface area contributed by atoms with E-state index in [2.05, 4.69) is 5.32 Å². The van der Waals surface area contributed by atoms with Crippen molar-refractivity contribution >= 4 is 29.1 Å². The van der Waals surface area contributed by atoms with E-state index in [9.17, 15) is 9.59 Å². The molecule has 6 heteroatoms. The van der Waals surface area contributed by atoms with Crippen LogP contribution in [0.3, 0.4) is 0 Å². The standard InChI is InChI=1S/C21H17ClN2O3/c22-16-10-8-14(9-11-16)13-27-19-7-2-1-6-18(19)21(26)24-17-5-3-4-15(12-17)20(23)25/h1-12H,13H2,(H2,23,25)(H,24,26). The Kier molecular flexibility index (Phi) is 5.74. The molecule has 136 valence electrons. The molecule has 0 heterocycles. The van der Waals surface area contributed by atoms with Gasteiger partial charge in [0.25, 0.3) is 5.91 Å². The summed E-state index contributed by atoms with van der Waals surface area (Å²) in [5, 5.41) is 3.41. The molecular formula is C21H17ClN2O3. The SMILES string of the molecule is NC(=O)c1cccc(NC(=O)c2ccccc2OCc2ccc(Cl)cc2)c1. The maximum absolute atomic E-state index is 12.6. The fraction of sp³-hybridized carbons (Fsp3) is 0.0476. The Morgan fingerprint density at radius 3 is 2.44 bits per heavy atom. The zero-order valence-electron chi connectivity index (χ0n) is 14.3. The first-order chi connectivity index (χ1) is 13.0. The zero-order valence-corrected chi connectivity index (χ0v) is 15.1. The first-order valence-corrected chi connectivity index (χ1v) is 8.58. The van der Waals surface area contributed by atoms with Crippen LogP contribution in [0, 0.1) is 0 Å². The second kappa shape index (κ2) is 8.38. The van der Waals surface area contributed by atoms with E-state index < -0.39 is 5.91 Å². The van der Waals surface area contributed by atoms with Crippen LogP contribution in [0.25, 0.3) is 0 Å². The Labute approximate surface area is 161 Å². The highest BCUT2D eigenvalue weighted by atomic mass is 35.5. The first-order valence-electron chi connectivity index (χ1n) is 8.20. The van der Waals surface area contributed by atoms with E-state index in [0.717, 1.165) is 5.56 Å². The van der Waals surface area contributed by atoms with Gasteiger partial charge in [-0.1, -0.05) is 41.9 Å². The number of halogens is 1. The lowest BCUT2D eigenvalue weighted by atomic mass is 10.1. The molecule has 0 aliphatic rings. The number of primary amides is 1. The molecule has 3 aromatic rings. The quantitative estimate of drug-likeness (QED) is 0.670. The molecule has 0 saturated carbocycles. The summed E-state index contributed by atoms with van der Waals surface area (Å²) in [5.41, 5.74) is 7.39. The van der Waals surface area contributed by atoms with Crippen molar-refractivity contribution in [3.63, 3.8) is 0 Å². The molecule has 5 nitrogen and oxygen atoms in total. The largest absolute Gasteiger partial charge is 0.488 e. The normalized spacial score (nSPS) is 10.3. The molecule has 3 aromatic carbocycles. The Balaban J connectivity index is 1.74. The number of rotatable bonds is 6. The summed E-state index contributed by atoms with van der Waals surface area (Å²) in [6.45, 7) is 0.304. The van der Waals surface area contributed by atoms with Gasteiger partial charge in [-0.05, 0) is 48.0 Å². The lowest BCUT2D eigenvalue weighted by molar-refractivity contribution is 0.0995. The third kappa shape index (κ3) is 4.86. The van der Waals surface area contributed by atoms with Gasteiger partial charge in [-0.2, -0.15) is 0 Å². The smallest absolute Gasteiger partial charge is 0.259 e.